The van der Waals surface area contributed by atoms with Crippen LogP contribution < -0.4 is 0 Å². The molecule has 5 nitrogen and oxygen atoms in total. The van der Waals surface area contributed by atoms with Crippen LogP contribution >= 0.6 is 0 Å². The Morgan fingerprint density at radius 1 is 1.41 bits per heavy atom. The molecule has 0 aliphatic heterocycles. The zero-order chi connectivity index (χ0) is 19.7. The molecule has 0 unspecified atom stereocenters. The number of carbonyl (C=O) groups is 1. The molecule has 2 fully saturated rings. The van der Waals surface area contributed by atoms with Crippen molar-refractivity contribution in [3.8, 4) is 0 Å². The number of halogens is 1. The molecule has 2 saturated carbocycles. The molecule has 3 N–H and O–H groups in total. The fourth-order valence-corrected chi connectivity index (χ4v) is 6.72. The van der Waals surface area contributed by atoms with E-state index in [1.54, 1.807) is 13.0 Å². The highest BCUT2D eigenvalue weighted by Gasteiger charge is 2.73. The first-order valence-corrected chi connectivity index (χ1v) is 9.90. The third-order valence-corrected chi connectivity index (χ3v) is 8.36. The maximum atomic E-state index is 16.8. The summed E-state index contributed by atoms with van der Waals surface area (Å²) in [5, 5.41) is 35.0. The first kappa shape index (κ1) is 18.8. The van der Waals surface area contributed by atoms with Gasteiger partial charge in [-0.1, -0.05) is 26.0 Å². The van der Waals surface area contributed by atoms with E-state index >= 15 is 4.39 Å². The standard InChI is InChI=1S/C21H28FNO4/c1-3-20(26)9-7-15-16-5-4-13-10-14(24)6-8-18(13,2)21(16,22)17(25)11-19(15,20)12-23-27/h4-5,10,12,15-17,25-27H,3,6-9,11H2,1-2H3/t15-,16-,17-,18-,19+,20-,21-/m0/s1. The van der Waals surface area contributed by atoms with Crippen LogP contribution in [0.3, 0.4) is 0 Å². The number of carbonyl (C=O) groups excluding carboxylic acids is 1. The van der Waals surface area contributed by atoms with E-state index < -0.39 is 34.1 Å². The van der Waals surface area contributed by atoms with Crippen molar-refractivity contribution < 1.29 is 24.6 Å². The number of allylic oxidation sites excluding steroid dienone is 4. The van der Waals surface area contributed by atoms with E-state index in [0.717, 1.165) is 0 Å². The number of oxime groups is 1. The lowest BCUT2D eigenvalue weighted by atomic mass is 9.45. The molecule has 0 aromatic heterocycles. The molecule has 0 saturated heterocycles. The minimum Gasteiger partial charge on any atom is -0.411 e. The second kappa shape index (κ2) is 5.74. The average molecular weight is 377 g/mol. The molecule has 7 atom stereocenters. The van der Waals surface area contributed by atoms with Crippen LogP contribution in [-0.4, -0.2) is 44.8 Å². The number of aliphatic hydroxyl groups excluding tert-OH is 1. The van der Waals surface area contributed by atoms with E-state index in [4.69, 9.17) is 0 Å². The molecule has 0 aromatic rings. The zero-order valence-electron chi connectivity index (χ0n) is 15.9. The van der Waals surface area contributed by atoms with Gasteiger partial charge in [-0.15, -0.1) is 5.16 Å². The second-order valence-corrected chi connectivity index (χ2v) is 9.09. The molecule has 148 valence electrons. The number of fused-ring (bicyclic) bond motifs is 5. The molecule has 4 rings (SSSR count). The molecule has 27 heavy (non-hydrogen) atoms. The van der Waals surface area contributed by atoms with Crippen LogP contribution in [0.15, 0.2) is 29.0 Å². The Balaban J connectivity index is 1.89. The van der Waals surface area contributed by atoms with Crippen molar-refractivity contribution in [2.24, 2.45) is 27.8 Å². The quantitative estimate of drug-likeness (QED) is 0.392. The van der Waals surface area contributed by atoms with Gasteiger partial charge >= 0.3 is 0 Å². The molecule has 0 amide bonds. The van der Waals surface area contributed by atoms with Crippen molar-refractivity contribution in [3.63, 3.8) is 0 Å². The van der Waals surface area contributed by atoms with E-state index in [1.165, 1.54) is 12.3 Å². The molecule has 0 bridgehead atoms. The van der Waals surface area contributed by atoms with Crippen LogP contribution in [0.25, 0.3) is 0 Å². The fourth-order valence-electron chi connectivity index (χ4n) is 6.72. The molecular formula is C21H28FNO4. The predicted octanol–water partition coefficient (Wildman–Crippen LogP) is 2.94. The van der Waals surface area contributed by atoms with Crippen molar-refractivity contribution in [3.05, 3.63) is 23.8 Å². The van der Waals surface area contributed by atoms with Gasteiger partial charge in [0.1, 0.15) is 0 Å². The van der Waals surface area contributed by atoms with Gasteiger partial charge in [0.15, 0.2) is 11.5 Å². The van der Waals surface area contributed by atoms with E-state index in [-0.39, 0.29) is 24.5 Å². The summed E-state index contributed by atoms with van der Waals surface area (Å²) < 4.78 is 16.8. The number of hydrogen-bond acceptors (Lipinski definition) is 5. The summed E-state index contributed by atoms with van der Waals surface area (Å²) in [5.41, 5.74) is -4.34. The van der Waals surface area contributed by atoms with Gasteiger partial charge in [0.2, 0.25) is 0 Å². The van der Waals surface area contributed by atoms with Crippen LogP contribution in [0.2, 0.25) is 0 Å². The van der Waals surface area contributed by atoms with Gasteiger partial charge < -0.3 is 15.4 Å². The number of ketones is 1. The third-order valence-electron chi connectivity index (χ3n) is 8.36. The SMILES string of the molecule is CC[C@]1(O)CC[C@H]2[C@@H]3C=CC4=CC(=O)CC[C@]4(C)[C@@]3(F)[C@@H](O)C[C@@]21C=NO. The molecule has 0 spiro atoms. The van der Waals surface area contributed by atoms with Crippen molar-refractivity contribution in [2.75, 3.05) is 0 Å². The minimum atomic E-state index is -1.93. The highest BCUT2D eigenvalue weighted by atomic mass is 19.1. The van der Waals surface area contributed by atoms with Crippen molar-refractivity contribution in [1.29, 1.82) is 0 Å². The van der Waals surface area contributed by atoms with Crippen LogP contribution in [0.4, 0.5) is 4.39 Å². The summed E-state index contributed by atoms with van der Waals surface area (Å²) in [4.78, 5) is 11.9. The van der Waals surface area contributed by atoms with Gasteiger partial charge in [0.25, 0.3) is 0 Å². The number of hydrogen-bond donors (Lipinski definition) is 3. The van der Waals surface area contributed by atoms with Crippen molar-refractivity contribution in [1.82, 2.24) is 0 Å². The summed E-state index contributed by atoms with van der Waals surface area (Å²) in [6.07, 6.45) is 7.24. The van der Waals surface area contributed by atoms with Crippen molar-refractivity contribution in [2.45, 2.75) is 69.7 Å². The highest BCUT2D eigenvalue weighted by molar-refractivity contribution is 5.92. The van der Waals surface area contributed by atoms with Crippen LogP contribution in [0.5, 0.6) is 0 Å². The maximum absolute atomic E-state index is 16.8. The van der Waals surface area contributed by atoms with Crippen LogP contribution in [0, 0.1) is 22.7 Å². The average Bonchev–Trinajstić information content (AvgIpc) is 2.91. The molecule has 6 heteroatoms. The number of aliphatic hydroxyl groups is 2. The maximum Gasteiger partial charge on any atom is 0.156 e. The first-order chi connectivity index (χ1) is 12.7. The predicted molar refractivity (Wildman–Crippen MR) is 98.2 cm³/mol. The monoisotopic (exact) mass is 377 g/mol. The lowest BCUT2D eigenvalue weighted by Gasteiger charge is -2.61. The Morgan fingerprint density at radius 2 is 2.15 bits per heavy atom. The highest BCUT2D eigenvalue weighted by Crippen LogP contribution is 2.68. The lowest BCUT2D eigenvalue weighted by molar-refractivity contribution is -0.194. The summed E-state index contributed by atoms with van der Waals surface area (Å²) in [6.45, 7) is 3.67. The first-order valence-electron chi connectivity index (χ1n) is 9.90. The Bertz CT molecular complexity index is 763. The summed E-state index contributed by atoms with van der Waals surface area (Å²) in [5.74, 6) is -0.906. The molecule has 4 aliphatic carbocycles. The summed E-state index contributed by atoms with van der Waals surface area (Å²) in [7, 11) is 0. The Labute approximate surface area is 158 Å². The molecule has 0 aromatic carbocycles. The van der Waals surface area contributed by atoms with Gasteiger partial charge in [-0.3, -0.25) is 4.79 Å². The molecule has 4 aliphatic rings. The topological polar surface area (TPSA) is 90.1 Å². The summed E-state index contributed by atoms with van der Waals surface area (Å²) in [6, 6.07) is 0. The third kappa shape index (κ3) is 2.06. The minimum absolute atomic E-state index is 0.00369. The number of nitrogens with zero attached hydrogens (tertiary/aromatic N) is 1. The Morgan fingerprint density at radius 3 is 2.81 bits per heavy atom. The van der Waals surface area contributed by atoms with Gasteiger partial charge in [-0.05, 0) is 49.7 Å². The van der Waals surface area contributed by atoms with Crippen LogP contribution in [0.1, 0.15) is 52.4 Å². The molecule has 0 radical (unpaired) electrons. The van der Waals surface area contributed by atoms with Gasteiger partial charge in [-0.2, -0.15) is 0 Å². The Hall–Kier alpha value is -1.53. The van der Waals surface area contributed by atoms with E-state index in [0.29, 0.717) is 31.3 Å². The fraction of sp³-hybridized carbons (Fsp3) is 0.714. The van der Waals surface area contributed by atoms with Gasteiger partial charge in [0, 0.05) is 23.2 Å². The molecular weight excluding hydrogens is 349 g/mol. The van der Waals surface area contributed by atoms with Gasteiger partial charge in [0.05, 0.1) is 17.9 Å². The lowest BCUT2D eigenvalue weighted by Crippen LogP contribution is -2.68. The molecule has 0 heterocycles. The Kier molecular flexibility index (Phi) is 4.00. The van der Waals surface area contributed by atoms with Crippen molar-refractivity contribution >= 4 is 12.0 Å². The number of rotatable bonds is 2. The van der Waals surface area contributed by atoms with Crippen LogP contribution in [-0.2, 0) is 4.79 Å². The largest absolute Gasteiger partial charge is 0.411 e. The van der Waals surface area contributed by atoms with E-state index in [9.17, 15) is 20.2 Å². The zero-order valence-corrected chi connectivity index (χ0v) is 15.9. The van der Waals surface area contributed by atoms with E-state index in [1.807, 2.05) is 13.0 Å². The van der Waals surface area contributed by atoms with Gasteiger partial charge in [-0.25, -0.2) is 4.39 Å². The summed E-state index contributed by atoms with van der Waals surface area (Å²) >= 11 is 0. The normalized spacial score (nSPS) is 51.7. The number of alkyl halides is 1. The smallest absolute Gasteiger partial charge is 0.156 e. The van der Waals surface area contributed by atoms with E-state index in [2.05, 4.69) is 5.16 Å². The second-order valence-electron chi connectivity index (χ2n) is 9.09.